The number of carbonyl (C=O) groups excluding carboxylic acids is 2. The third-order valence-electron chi connectivity index (χ3n) is 6.25. The molecule has 1 aliphatic rings. The summed E-state index contributed by atoms with van der Waals surface area (Å²) >= 11 is 0. The highest BCUT2D eigenvalue weighted by atomic mass is 16.5. The second kappa shape index (κ2) is 8.03. The molecule has 0 bridgehead atoms. The molecule has 0 saturated heterocycles. The number of hydrogen-bond acceptors (Lipinski definition) is 3. The molecule has 4 rings (SSSR count). The Bertz CT molecular complexity index is 1160. The van der Waals surface area contributed by atoms with E-state index in [1.165, 1.54) is 0 Å². The Labute approximate surface area is 183 Å². The van der Waals surface area contributed by atoms with Crippen LogP contribution < -0.4 is 10.1 Å². The van der Waals surface area contributed by atoms with Gasteiger partial charge in [-0.25, -0.2) is 0 Å². The molecule has 0 unspecified atom stereocenters. The van der Waals surface area contributed by atoms with E-state index in [4.69, 9.17) is 4.74 Å². The molecule has 0 aromatic heterocycles. The third kappa shape index (κ3) is 3.98. The zero-order chi connectivity index (χ0) is 22.2. The van der Waals surface area contributed by atoms with Crippen LogP contribution in [0.3, 0.4) is 0 Å². The standard InChI is InChI=1S/C27H27NO3/c1-17-5-9-22(16-25(17)24-12-6-20(19(3)29)15-18(24)2)28-26(30)27(13-14-27)21-7-10-23(31-4)11-8-21/h5-12,15-16H,13-14H2,1-4H3,(H,28,30). The Kier molecular flexibility index (Phi) is 5.40. The molecule has 158 valence electrons. The van der Waals surface area contributed by atoms with Gasteiger partial charge in [0, 0.05) is 11.3 Å². The molecule has 4 nitrogen and oxygen atoms in total. The molecule has 3 aromatic carbocycles. The Morgan fingerprint density at radius 2 is 1.58 bits per heavy atom. The number of Topliss-reactive ketones (excluding diaryl/α,β-unsaturated/α-hetero) is 1. The molecular formula is C27H27NO3. The SMILES string of the molecule is COc1ccc(C2(C(=O)Nc3ccc(C)c(-c4ccc(C(C)=O)cc4C)c3)CC2)cc1. The van der Waals surface area contributed by atoms with Crippen LogP contribution in [-0.4, -0.2) is 18.8 Å². The summed E-state index contributed by atoms with van der Waals surface area (Å²) in [7, 11) is 1.64. The van der Waals surface area contributed by atoms with Gasteiger partial charge in [-0.3, -0.25) is 9.59 Å². The Balaban J connectivity index is 1.60. The molecule has 0 heterocycles. The second-order valence-corrected chi connectivity index (χ2v) is 8.38. The van der Waals surface area contributed by atoms with Gasteiger partial charge in [-0.05, 0) is 91.8 Å². The first-order chi connectivity index (χ1) is 14.8. The zero-order valence-electron chi connectivity index (χ0n) is 18.4. The van der Waals surface area contributed by atoms with Crippen molar-refractivity contribution in [3.63, 3.8) is 0 Å². The van der Waals surface area contributed by atoms with E-state index in [1.807, 2.05) is 67.6 Å². The molecule has 0 aliphatic heterocycles. The van der Waals surface area contributed by atoms with Gasteiger partial charge in [0.2, 0.25) is 5.91 Å². The van der Waals surface area contributed by atoms with Crippen LogP contribution in [0.1, 0.15) is 46.8 Å². The molecular weight excluding hydrogens is 386 g/mol. The highest BCUT2D eigenvalue weighted by Gasteiger charge is 2.51. The van der Waals surface area contributed by atoms with Crippen molar-refractivity contribution in [1.82, 2.24) is 0 Å². The lowest BCUT2D eigenvalue weighted by molar-refractivity contribution is -0.118. The Morgan fingerprint density at radius 1 is 0.871 bits per heavy atom. The monoisotopic (exact) mass is 413 g/mol. The van der Waals surface area contributed by atoms with Crippen molar-refractivity contribution in [1.29, 1.82) is 0 Å². The van der Waals surface area contributed by atoms with Crippen LogP contribution in [0.25, 0.3) is 11.1 Å². The summed E-state index contributed by atoms with van der Waals surface area (Å²) < 4.78 is 5.24. The largest absolute Gasteiger partial charge is 0.497 e. The summed E-state index contributed by atoms with van der Waals surface area (Å²) in [5.41, 5.74) is 6.32. The summed E-state index contributed by atoms with van der Waals surface area (Å²) in [6.45, 7) is 5.64. The van der Waals surface area contributed by atoms with Crippen LogP contribution in [0, 0.1) is 13.8 Å². The van der Waals surface area contributed by atoms with E-state index < -0.39 is 5.41 Å². The number of anilines is 1. The van der Waals surface area contributed by atoms with E-state index in [0.29, 0.717) is 5.56 Å². The first-order valence-corrected chi connectivity index (χ1v) is 10.5. The maximum absolute atomic E-state index is 13.2. The first kappa shape index (κ1) is 20.9. The van der Waals surface area contributed by atoms with Crippen molar-refractivity contribution in [2.45, 2.75) is 39.0 Å². The van der Waals surface area contributed by atoms with Crippen LogP contribution >= 0.6 is 0 Å². The molecule has 1 fully saturated rings. The average Bonchev–Trinajstić information content (AvgIpc) is 3.57. The summed E-state index contributed by atoms with van der Waals surface area (Å²) in [6.07, 6.45) is 1.69. The van der Waals surface area contributed by atoms with Crippen molar-refractivity contribution >= 4 is 17.4 Å². The number of benzene rings is 3. The number of methoxy groups -OCH3 is 1. The maximum Gasteiger partial charge on any atom is 0.235 e. The molecule has 1 saturated carbocycles. The Morgan fingerprint density at radius 3 is 2.16 bits per heavy atom. The molecule has 1 N–H and O–H groups in total. The van der Waals surface area contributed by atoms with Gasteiger partial charge >= 0.3 is 0 Å². The van der Waals surface area contributed by atoms with Gasteiger partial charge in [0.25, 0.3) is 0 Å². The van der Waals surface area contributed by atoms with Crippen molar-refractivity contribution in [3.8, 4) is 16.9 Å². The van der Waals surface area contributed by atoms with Gasteiger partial charge in [0.1, 0.15) is 5.75 Å². The number of hydrogen-bond donors (Lipinski definition) is 1. The molecule has 4 heteroatoms. The first-order valence-electron chi connectivity index (χ1n) is 10.5. The minimum absolute atomic E-state index is 0.0242. The van der Waals surface area contributed by atoms with Crippen LogP contribution in [0.4, 0.5) is 5.69 Å². The van der Waals surface area contributed by atoms with Gasteiger partial charge in [-0.15, -0.1) is 0 Å². The molecule has 1 amide bonds. The molecule has 1 aliphatic carbocycles. The fourth-order valence-electron chi connectivity index (χ4n) is 4.11. The lowest BCUT2D eigenvalue weighted by Crippen LogP contribution is -2.27. The quantitative estimate of drug-likeness (QED) is 0.516. The van der Waals surface area contributed by atoms with Crippen LogP contribution in [0.5, 0.6) is 5.75 Å². The van der Waals surface area contributed by atoms with E-state index in [9.17, 15) is 9.59 Å². The summed E-state index contributed by atoms with van der Waals surface area (Å²) in [5.74, 6) is 0.867. The number of ketones is 1. The second-order valence-electron chi connectivity index (χ2n) is 8.38. The van der Waals surface area contributed by atoms with Crippen LogP contribution in [-0.2, 0) is 10.2 Å². The number of nitrogens with one attached hydrogen (secondary N) is 1. The lowest BCUT2D eigenvalue weighted by atomic mass is 9.93. The maximum atomic E-state index is 13.2. The summed E-state index contributed by atoms with van der Waals surface area (Å²) in [5, 5.41) is 3.13. The van der Waals surface area contributed by atoms with Gasteiger partial charge in [0.15, 0.2) is 5.78 Å². The molecule has 3 aromatic rings. The van der Waals surface area contributed by atoms with Crippen LogP contribution in [0.2, 0.25) is 0 Å². The lowest BCUT2D eigenvalue weighted by Gasteiger charge is -2.18. The molecule has 0 atom stereocenters. The Hall–Kier alpha value is -3.40. The van der Waals surface area contributed by atoms with Crippen LogP contribution in [0.15, 0.2) is 60.7 Å². The van der Waals surface area contributed by atoms with Crippen molar-refractivity contribution < 1.29 is 14.3 Å². The average molecular weight is 414 g/mol. The minimum Gasteiger partial charge on any atom is -0.497 e. The van der Waals surface area contributed by atoms with E-state index in [-0.39, 0.29) is 11.7 Å². The number of amides is 1. The minimum atomic E-state index is -0.462. The number of carbonyl (C=O) groups is 2. The molecule has 0 radical (unpaired) electrons. The highest BCUT2D eigenvalue weighted by Crippen LogP contribution is 2.49. The number of rotatable bonds is 6. The highest BCUT2D eigenvalue weighted by molar-refractivity contribution is 6.02. The van der Waals surface area contributed by atoms with Crippen molar-refractivity contribution in [2.24, 2.45) is 0 Å². The van der Waals surface area contributed by atoms with Crippen molar-refractivity contribution in [3.05, 3.63) is 82.9 Å². The van der Waals surface area contributed by atoms with E-state index in [2.05, 4.69) is 12.2 Å². The van der Waals surface area contributed by atoms with Gasteiger partial charge in [-0.1, -0.05) is 30.3 Å². The third-order valence-corrected chi connectivity index (χ3v) is 6.25. The predicted octanol–water partition coefficient (Wildman–Crippen LogP) is 5.85. The number of aryl methyl sites for hydroxylation is 2. The summed E-state index contributed by atoms with van der Waals surface area (Å²) in [4.78, 5) is 24.9. The topological polar surface area (TPSA) is 55.4 Å². The van der Waals surface area contributed by atoms with Crippen molar-refractivity contribution in [2.75, 3.05) is 12.4 Å². The molecule has 31 heavy (non-hydrogen) atoms. The normalized spacial score (nSPS) is 14.1. The smallest absolute Gasteiger partial charge is 0.235 e. The van der Waals surface area contributed by atoms with Gasteiger partial charge in [-0.2, -0.15) is 0 Å². The summed E-state index contributed by atoms with van der Waals surface area (Å²) in [6, 6.07) is 19.5. The fraction of sp³-hybridized carbons (Fsp3) is 0.259. The zero-order valence-corrected chi connectivity index (χ0v) is 18.4. The van der Waals surface area contributed by atoms with E-state index in [0.717, 1.165) is 52.1 Å². The van der Waals surface area contributed by atoms with E-state index in [1.54, 1.807) is 14.0 Å². The number of ether oxygens (including phenoxy) is 1. The van der Waals surface area contributed by atoms with Gasteiger partial charge in [0.05, 0.1) is 12.5 Å². The molecule has 0 spiro atoms. The predicted molar refractivity (Wildman–Crippen MR) is 124 cm³/mol. The fourth-order valence-corrected chi connectivity index (χ4v) is 4.11. The van der Waals surface area contributed by atoms with E-state index >= 15 is 0 Å². The van der Waals surface area contributed by atoms with Gasteiger partial charge < -0.3 is 10.1 Å².